The van der Waals surface area contributed by atoms with Gasteiger partial charge in [0.1, 0.15) is 0 Å². The molecule has 0 bridgehead atoms. The molecule has 0 aliphatic carbocycles. The van der Waals surface area contributed by atoms with E-state index < -0.39 is 10.0 Å². The summed E-state index contributed by atoms with van der Waals surface area (Å²) in [5.74, 6) is 0.714. The first-order valence-corrected chi connectivity index (χ1v) is 9.43. The number of sulfonamides is 1. The van der Waals surface area contributed by atoms with Gasteiger partial charge >= 0.3 is 0 Å². The van der Waals surface area contributed by atoms with E-state index in [-0.39, 0.29) is 11.8 Å². The van der Waals surface area contributed by atoms with Crippen LogP contribution in [0, 0.1) is 5.92 Å². The van der Waals surface area contributed by atoms with E-state index in [9.17, 15) is 8.42 Å². The van der Waals surface area contributed by atoms with Crippen LogP contribution >= 0.6 is 0 Å². The van der Waals surface area contributed by atoms with Gasteiger partial charge in [0.2, 0.25) is 10.0 Å². The molecule has 1 aliphatic heterocycles. The highest BCUT2D eigenvalue weighted by Gasteiger charge is 2.21. The van der Waals surface area contributed by atoms with Gasteiger partial charge in [-0.15, -0.1) is 0 Å². The Hall–Kier alpha value is -0.130. The lowest BCUT2D eigenvalue weighted by Crippen LogP contribution is -2.43. The molecule has 0 radical (unpaired) electrons. The Morgan fingerprint density at radius 2 is 2.11 bits per heavy atom. The van der Waals surface area contributed by atoms with Crippen LogP contribution in [0.3, 0.4) is 0 Å². The Balaban J connectivity index is 2.32. The summed E-state index contributed by atoms with van der Waals surface area (Å²) in [7, 11) is -3.12. The van der Waals surface area contributed by atoms with Crippen molar-refractivity contribution in [2.75, 3.05) is 18.8 Å². The average Bonchev–Trinajstić information content (AvgIpc) is 2.39. The molecule has 114 valence electrons. The molecule has 0 aromatic heterocycles. The van der Waals surface area contributed by atoms with E-state index in [1.807, 2.05) is 0 Å². The zero-order valence-corrected chi connectivity index (χ0v) is 13.3. The van der Waals surface area contributed by atoms with E-state index in [0.29, 0.717) is 12.5 Å². The molecule has 4 nitrogen and oxygen atoms in total. The molecule has 1 rings (SSSR count). The minimum absolute atomic E-state index is 0.141. The fraction of sp³-hybridized carbons (Fsp3) is 1.00. The lowest BCUT2D eigenvalue weighted by atomic mass is 10.00. The lowest BCUT2D eigenvalue weighted by Gasteiger charge is -2.24. The first-order valence-electron chi connectivity index (χ1n) is 7.78. The lowest BCUT2D eigenvalue weighted by molar-refractivity contribution is 0.417. The van der Waals surface area contributed by atoms with E-state index in [1.165, 1.54) is 19.3 Å². The number of hydrogen-bond acceptors (Lipinski definition) is 3. The van der Waals surface area contributed by atoms with Gasteiger partial charge in [0.05, 0.1) is 5.75 Å². The van der Waals surface area contributed by atoms with Crippen LogP contribution < -0.4 is 10.0 Å². The van der Waals surface area contributed by atoms with E-state index in [1.54, 1.807) is 0 Å². The standard InChI is InChI=1S/C14H30N2O2S/c1-3-5-8-13(4-2)11-16-19(17,18)12-14-9-6-7-10-15-14/h13-16H,3-12H2,1-2H3. The molecule has 1 heterocycles. The summed E-state index contributed by atoms with van der Waals surface area (Å²) in [5, 5.41) is 3.29. The largest absolute Gasteiger partial charge is 0.313 e. The highest BCUT2D eigenvalue weighted by molar-refractivity contribution is 7.89. The van der Waals surface area contributed by atoms with Crippen LogP contribution in [0.2, 0.25) is 0 Å². The first kappa shape index (κ1) is 16.9. The molecule has 0 aromatic rings. The predicted octanol–water partition coefficient (Wildman–Crippen LogP) is 2.26. The molecule has 19 heavy (non-hydrogen) atoms. The Labute approximate surface area is 118 Å². The summed E-state index contributed by atoms with van der Waals surface area (Å²) in [5.41, 5.74) is 0. The van der Waals surface area contributed by atoms with Crippen LogP contribution in [-0.2, 0) is 10.0 Å². The van der Waals surface area contributed by atoms with Gasteiger partial charge < -0.3 is 5.32 Å². The number of piperidine rings is 1. The molecule has 0 aromatic carbocycles. The molecule has 0 amide bonds. The van der Waals surface area contributed by atoms with Crippen molar-refractivity contribution in [2.24, 2.45) is 5.92 Å². The topological polar surface area (TPSA) is 58.2 Å². The zero-order chi connectivity index (χ0) is 14.1. The van der Waals surface area contributed by atoms with Gasteiger partial charge in [-0.2, -0.15) is 0 Å². The van der Waals surface area contributed by atoms with Crippen LogP contribution in [0.25, 0.3) is 0 Å². The van der Waals surface area contributed by atoms with Gasteiger partial charge in [0.25, 0.3) is 0 Å². The van der Waals surface area contributed by atoms with Crippen LogP contribution in [0.5, 0.6) is 0 Å². The van der Waals surface area contributed by atoms with E-state index in [4.69, 9.17) is 0 Å². The van der Waals surface area contributed by atoms with Crippen molar-refractivity contribution in [3.05, 3.63) is 0 Å². The third kappa shape index (κ3) is 7.28. The van der Waals surface area contributed by atoms with Crippen molar-refractivity contribution in [1.82, 2.24) is 10.0 Å². The van der Waals surface area contributed by atoms with E-state index >= 15 is 0 Å². The molecule has 1 aliphatic rings. The van der Waals surface area contributed by atoms with Gasteiger partial charge in [-0.05, 0) is 31.7 Å². The van der Waals surface area contributed by atoms with Gasteiger partial charge in [0.15, 0.2) is 0 Å². The second-order valence-electron chi connectivity index (χ2n) is 5.69. The van der Waals surface area contributed by atoms with Gasteiger partial charge in [-0.1, -0.05) is 39.5 Å². The fourth-order valence-corrected chi connectivity index (χ4v) is 4.00. The molecule has 2 unspecified atom stereocenters. The van der Waals surface area contributed by atoms with Crippen LogP contribution in [0.1, 0.15) is 58.8 Å². The Kier molecular flexibility index (Phi) is 7.95. The van der Waals surface area contributed by atoms with Gasteiger partial charge in [-0.25, -0.2) is 13.1 Å². The summed E-state index contributed by atoms with van der Waals surface area (Å²) in [4.78, 5) is 0. The van der Waals surface area contributed by atoms with Gasteiger partial charge in [0, 0.05) is 12.6 Å². The molecule has 0 spiro atoms. The maximum atomic E-state index is 12.0. The van der Waals surface area contributed by atoms with E-state index in [2.05, 4.69) is 23.9 Å². The van der Waals surface area contributed by atoms with Crippen LogP contribution in [0.15, 0.2) is 0 Å². The van der Waals surface area contributed by atoms with Gasteiger partial charge in [-0.3, -0.25) is 0 Å². The zero-order valence-electron chi connectivity index (χ0n) is 12.5. The summed E-state index contributed by atoms with van der Waals surface area (Å²) >= 11 is 0. The number of nitrogens with one attached hydrogen (secondary N) is 2. The summed E-state index contributed by atoms with van der Waals surface area (Å²) in [6.45, 7) is 5.86. The van der Waals surface area contributed by atoms with E-state index in [0.717, 1.165) is 32.2 Å². The maximum absolute atomic E-state index is 12.0. The minimum Gasteiger partial charge on any atom is -0.313 e. The molecule has 2 N–H and O–H groups in total. The molecule has 1 saturated heterocycles. The molecule has 0 saturated carbocycles. The van der Waals surface area contributed by atoms with Crippen molar-refractivity contribution in [2.45, 2.75) is 64.8 Å². The molecule has 5 heteroatoms. The molecular formula is C14H30N2O2S. The predicted molar refractivity (Wildman–Crippen MR) is 80.7 cm³/mol. The third-order valence-electron chi connectivity index (χ3n) is 3.97. The molecule has 1 fully saturated rings. The van der Waals surface area contributed by atoms with Crippen LogP contribution in [-0.4, -0.2) is 33.3 Å². The monoisotopic (exact) mass is 290 g/mol. The second kappa shape index (κ2) is 8.93. The normalized spacial score (nSPS) is 22.3. The van der Waals surface area contributed by atoms with Crippen molar-refractivity contribution in [3.63, 3.8) is 0 Å². The van der Waals surface area contributed by atoms with Crippen LogP contribution in [0.4, 0.5) is 0 Å². The first-order chi connectivity index (χ1) is 9.07. The minimum atomic E-state index is -3.12. The number of unbranched alkanes of at least 4 members (excludes halogenated alkanes) is 1. The number of hydrogen-bond donors (Lipinski definition) is 2. The van der Waals surface area contributed by atoms with Crippen molar-refractivity contribution in [3.8, 4) is 0 Å². The van der Waals surface area contributed by atoms with Crippen molar-refractivity contribution < 1.29 is 8.42 Å². The SMILES string of the molecule is CCCCC(CC)CNS(=O)(=O)CC1CCCCN1. The fourth-order valence-electron chi connectivity index (χ4n) is 2.58. The highest BCUT2D eigenvalue weighted by Crippen LogP contribution is 2.12. The average molecular weight is 290 g/mol. The summed E-state index contributed by atoms with van der Waals surface area (Å²) < 4.78 is 26.9. The summed E-state index contributed by atoms with van der Waals surface area (Å²) in [6.07, 6.45) is 7.81. The van der Waals surface area contributed by atoms with Crippen molar-refractivity contribution in [1.29, 1.82) is 0 Å². The Bertz CT molecular complexity index is 324. The van der Waals surface area contributed by atoms with Crippen molar-refractivity contribution >= 4 is 10.0 Å². The maximum Gasteiger partial charge on any atom is 0.213 e. The molecular weight excluding hydrogens is 260 g/mol. The second-order valence-corrected chi connectivity index (χ2v) is 7.54. The summed E-state index contributed by atoms with van der Waals surface area (Å²) in [6, 6.07) is 0.141. The third-order valence-corrected chi connectivity index (χ3v) is 5.42. The number of rotatable bonds is 9. The smallest absolute Gasteiger partial charge is 0.213 e. The Morgan fingerprint density at radius 3 is 2.68 bits per heavy atom. The Morgan fingerprint density at radius 1 is 1.32 bits per heavy atom. The highest BCUT2D eigenvalue weighted by atomic mass is 32.2. The quantitative estimate of drug-likeness (QED) is 0.685. The molecule has 2 atom stereocenters.